The van der Waals surface area contributed by atoms with E-state index in [-0.39, 0.29) is 5.97 Å². The summed E-state index contributed by atoms with van der Waals surface area (Å²) in [6.07, 6.45) is 0. The smallest absolute Gasteiger partial charge is 0.339 e. The van der Waals surface area contributed by atoms with Crippen molar-refractivity contribution in [1.82, 2.24) is 20.2 Å². The summed E-state index contributed by atoms with van der Waals surface area (Å²) in [5, 5.41) is 14.8. The number of benzene rings is 1. The van der Waals surface area contributed by atoms with Crippen molar-refractivity contribution < 1.29 is 9.53 Å². The molecule has 0 atom stereocenters. The minimum Gasteiger partial charge on any atom is -0.465 e. The molecule has 1 heterocycles. The molecule has 0 aliphatic heterocycles. The fraction of sp³-hybridized carbons (Fsp3) is 0.273. The Morgan fingerprint density at radius 3 is 2.89 bits per heavy atom. The molecule has 0 amide bonds. The van der Waals surface area contributed by atoms with Crippen LogP contribution in [0.2, 0.25) is 0 Å². The van der Waals surface area contributed by atoms with Crippen molar-refractivity contribution in [1.29, 1.82) is 0 Å². The normalized spacial score (nSPS) is 10.3. The SMILES string of the molecule is COC(=O)c1ccc(NCc2nnn(C)n2)cc1Br. The second kappa shape index (κ2) is 5.79. The molecule has 0 fully saturated rings. The summed E-state index contributed by atoms with van der Waals surface area (Å²) in [6, 6.07) is 5.26. The Hall–Kier alpha value is -1.96. The van der Waals surface area contributed by atoms with E-state index >= 15 is 0 Å². The molecule has 1 N–H and O–H groups in total. The lowest BCUT2D eigenvalue weighted by molar-refractivity contribution is 0.0599. The van der Waals surface area contributed by atoms with E-state index in [1.807, 2.05) is 0 Å². The van der Waals surface area contributed by atoms with Crippen molar-refractivity contribution in [2.24, 2.45) is 7.05 Å². The van der Waals surface area contributed by atoms with Gasteiger partial charge in [0.05, 0.1) is 26.3 Å². The van der Waals surface area contributed by atoms with Crippen molar-refractivity contribution >= 4 is 27.6 Å². The summed E-state index contributed by atoms with van der Waals surface area (Å²) in [6.45, 7) is 0.456. The summed E-state index contributed by atoms with van der Waals surface area (Å²) in [7, 11) is 3.05. The predicted molar refractivity (Wildman–Crippen MR) is 71.6 cm³/mol. The zero-order valence-electron chi connectivity index (χ0n) is 10.4. The molecule has 0 aliphatic carbocycles. The molecule has 2 aromatic rings. The zero-order chi connectivity index (χ0) is 13.8. The van der Waals surface area contributed by atoms with Gasteiger partial charge in [-0.2, -0.15) is 4.80 Å². The average molecular weight is 326 g/mol. The first-order valence-electron chi connectivity index (χ1n) is 5.45. The van der Waals surface area contributed by atoms with Gasteiger partial charge in [0.2, 0.25) is 0 Å². The molecule has 7 nitrogen and oxygen atoms in total. The van der Waals surface area contributed by atoms with Gasteiger partial charge in [-0.25, -0.2) is 4.79 Å². The van der Waals surface area contributed by atoms with Crippen LogP contribution in [-0.4, -0.2) is 33.3 Å². The van der Waals surface area contributed by atoms with Gasteiger partial charge in [-0.05, 0) is 39.3 Å². The predicted octanol–water partition coefficient (Wildman–Crippen LogP) is 1.37. The van der Waals surface area contributed by atoms with Gasteiger partial charge in [-0.15, -0.1) is 10.2 Å². The molecule has 0 radical (unpaired) electrons. The molecule has 1 aromatic carbocycles. The van der Waals surface area contributed by atoms with E-state index < -0.39 is 0 Å². The number of halogens is 1. The number of esters is 1. The zero-order valence-corrected chi connectivity index (χ0v) is 12.0. The summed E-state index contributed by atoms with van der Waals surface area (Å²) >= 11 is 3.33. The molecule has 0 unspecified atom stereocenters. The van der Waals surface area contributed by atoms with E-state index in [4.69, 9.17) is 0 Å². The van der Waals surface area contributed by atoms with Gasteiger partial charge in [0.15, 0.2) is 5.82 Å². The number of hydrogen-bond acceptors (Lipinski definition) is 6. The van der Waals surface area contributed by atoms with Gasteiger partial charge < -0.3 is 10.1 Å². The second-order valence-electron chi connectivity index (χ2n) is 3.73. The van der Waals surface area contributed by atoms with Crippen LogP contribution in [0.4, 0.5) is 5.69 Å². The fourth-order valence-electron chi connectivity index (χ4n) is 1.48. The summed E-state index contributed by atoms with van der Waals surface area (Å²) < 4.78 is 5.33. The second-order valence-corrected chi connectivity index (χ2v) is 4.59. The maximum atomic E-state index is 11.4. The van der Waals surface area contributed by atoms with Crippen LogP contribution < -0.4 is 5.32 Å². The van der Waals surface area contributed by atoms with Crippen molar-refractivity contribution in [2.45, 2.75) is 6.54 Å². The van der Waals surface area contributed by atoms with Crippen LogP contribution in [0.25, 0.3) is 0 Å². The Morgan fingerprint density at radius 2 is 2.32 bits per heavy atom. The Morgan fingerprint density at radius 1 is 1.53 bits per heavy atom. The Balaban J connectivity index is 2.06. The standard InChI is InChI=1S/C11H12BrN5O2/c1-17-15-10(14-16-17)6-13-7-3-4-8(9(12)5-7)11(18)19-2/h3-5,13H,6H2,1-2H3. The first-order chi connectivity index (χ1) is 9.10. The third kappa shape index (κ3) is 3.28. The minimum atomic E-state index is -0.381. The Kier molecular flexibility index (Phi) is 4.10. The van der Waals surface area contributed by atoms with Crippen molar-refractivity contribution in [3.63, 3.8) is 0 Å². The topological polar surface area (TPSA) is 81.9 Å². The number of nitrogens with zero attached hydrogens (tertiary/aromatic N) is 4. The fourth-order valence-corrected chi connectivity index (χ4v) is 2.02. The van der Waals surface area contributed by atoms with E-state index in [1.165, 1.54) is 11.9 Å². The van der Waals surface area contributed by atoms with Crippen LogP contribution in [0.15, 0.2) is 22.7 Å². The number of carbonyl (C=O) groups is 1. The highest BCUT2D eigenvalue weighted by molar-refractivity contribution is 9.10. The van der Waals surface area contributed by atoms with E-state index in [0.717, 1.165) is 5.69 Å². The van der Waals surface area contributed by atoms with Gasteiger partial charge in [-0.1, -0.05) is 0 Å². The number of tetrazole rings is 1. The molecular formula is C11H12BrN5O2. The number of nitrogens with one attached hydrogen (secondary N) is 1. The van der Waals surface area contributed by atoms with Gasteiger partial charge in [0.1, 0.15) is 0 Å². The quantitative estimate of drug-likeness (QED) is 0.855. The Bertz CT molecular complexity index is 599. The van der Waals surface area contributed by atoms with Crippen molar-refractivity contribution in [3.05, 3.63) is 34.1 Å². The maximum Gasteiger partial charge on any atom is 0.339 e. The molecule has 1 aromatic heterocycles. The summed E-state index contributed by atoms with van der Waals surface area (Å²) in [5.41, 5.74) is 1.32. The van der Waals surface area contributed by atoms with Crippen molar-refractivity contribution in [3.8, 4) is 0 Å². The van der Waals surface area contributed by atoms with E-state index in [9.17, 15) is 4.79 Å². The number of methoxy groups -OCH3 is 1. The molecule has 2 rings (SSSR count). The molecule has 0 aliphatic rings. The number of rotatable bonds is 4. The largest absolute Gasteiger partial charge is 0.465 e. The van der Waals surface area contributed by atoms with Crippen LogP contribution in [0.3, 0.4) is 0 Å². The number of anilines is 1. The molecule has 100 valence electrons. The highest BCUT2D eigenvalue weighted by Crippen LogP contribution is 2.22. The molecule has 0 saturated heterocycles. The lowest BCUT2D eigenvalue weighted by Crippen LogP contribution is -2.05. The highest BCUT2D eigenvalue weighted by Gasteiger charge is 2.10. The molecule has 0 bridgehead atoms. The molecule has 19 heavy (non-hydrogen) atoms. The Labute approximate surface area is 118 Å². The molecular weight excluding hydrogens is 314 g/mol. The highest BCUT2D eigenvalue weighted by atomic mass is 79.9. The first-order valence-corrected chi connectivity index (χ1v) is 6.24. The van der Waals surface area contributed by atoms with Crippen LogP contribution in [-0.2, 0) is 18.3 Å². The van der Waals surface area contributed by atoms with Crippen molar-refractivity contribution in [2.75, 3.05) is 12.4 Å². The number of aryl methyl sites for hydroxylation is 1. The minimum absolute atomic E-state index is 0.381. The van der Waals surface area contributed by atoms with E-state index in [2.05, 4.69) is 41.4 Å². The first kappa shape index (κ1) is 13.5. The number of ether oxygens (including phenoxy) is 1. The van der Waals surface area contributed by atoms with Gasteiger partial charge in [0.25, 0.3) is 0 Å². The summed E-state index contributed by atoms with van der Waals surface area (Å²) in [5.74, 6) is 0.213. The van der Waals surface area contributed by atoms with Gasteiger partial charge >= 0.3 is 5.97 Å². The molecule has 8 heteroatoms. The molecule has 0 saturated carbocycles. The number of hydrogen-bond donors (Lipinski definition) is 1. The van der Waals surface area contributed by atoms with Crippen LogP contribution in [0, 0.1) is 0 Å². The lowest BCUT2D eigenvalue weighted by atomic mass is 10.2. The molecule has 0 spiro atoms. The van der Waals surface area contributed by atoms with Gasteiger partial charge in [0, 0.05) is 10.2 Å². The van der Waals surface area contributed by atoms with Crippen LogP contribution in [0.5, 0.6) is 0 Å². The summed E-state index contributed by atoms with van der Waals surface area (Å²) in [4.78, 5) is 12.8. The number of carbonyl (C=O) groups excluding carboxylic acids is 1. The third-order valence-electron chi connectivity index (χ3n) is 2.37. The lowest BCUT2D eigenvalue weighted by Gasteiger charge is -2.07. The van der Waals surface area contributed by atoms with E-state index in [0.29, 0.717) is 22.4 Å². The van der Waals surface area contributed by atoms with E-state index in [1.54, 1.807) is 25.2 Å². The third-order valence-corrected chi connectivity index (χ3v) is 3.03. The monoisotopic (exact) mass is 325 g/mol. The van der Waals surface area contributed by atoms with Crippen LogP contribution in [0.1, 0.15) is 16.2 Å². The van der Waals surface area contributed by atoms with Gasteiger partial charge in [-0.3, -0.25) is 0 Å². The maximum absolute atomic E-state index is 11.4. The van der Waals surface area contributed by atoms with Crippen LogP contribution >= 0.6 is 15.9 Å². The number of aromatic nitrogens is 4. The average Bonchev–Trinajstić information content (AvgIpc) is 2.81.